The van der Waals surface area contributed by atoms with Crippen molar-refractivity contribution < 1.29 is 14.3 Å². The summed E-state index contributed by atoms with van der Waals surface area (Å²) in [6.07, 6.45) is 3.73. The number of thioether (sulfide) groups is 1. The van der Waals surface area contributed by atoms with Gasteiger partial charge < -0.3 is 20.2 Å². The second-order valence-corrected chi connectivity index (χ2v) is 5.79. The number of carbonyl (C=O) groups excluding carboxylic acids is 1. The van der Waals surface area contributed by atoms with Crippen LogP contribution in [0, 0.1) is 0 Å². The van der Waals surface area contributed by atoms with Crippen molar-refractivity contribution in [3.63, 3.8) is 0 Å². The highest BCUT2D eigenvalue weighted by molar-refractivity contribution is 7.98. The van der Waals surface area contributed by atoms with Crippen LogP contribution in [0.15, 0.2) is 47.1 Å². The molecule has 6 heteroatoms. The number of hydrogen-bond donors (Lipinski definition) is 3. The Hall–Kier alpha value is -1.92. The summed E-state index contributed by atoms with van der Waals surface area (Å²) in [6, 6.07) is 10.8. The van der Waals surface area contributed by atoms with E-state index in [-0.39, 0.29) is 12.6 Å². The van der Waals surface area contributed by atoms with Crippen LogP contribution >= 0.6 is 11.8 Å². The Morgan fingerprint density at radius 1 is 1.32 bits per heavy atom. The Balaban J connectivity index is 1.76. The molecule has 1 heterocycles. The zero-order valence-corrected chi connectivity index (χ0v) is 13.2. The maximum absolute atomic E-state index is 11.8. The third-order valence-corrected chi connectivity index (χ3v) is 3.75. The van der Waals surface area contributed by atoms with Gasteiger partial charge >= 0.3 is 6.03 Å². The van der Waals surface area contributed by atoms with Crippen LogP contribution in [0.3, 0.4) is 0 Å². The molecule has 118 valence electrons. The number of benzene rings is 1. The zero-order valence-electron chi connectivity index (χ0n) is 12.4. The first-order valence-electron chi connectivity index (χ1n) is 7.03. The van der Waals surface area contributed by atoms with Crippen LogP contribution in [0.25, 0.3) is 0 Å². The SMILES string of the molecule is CSCCc1ccc(NC(=O)NCC(O)c2ccco2)cc1. The molecule has 0 saturated carbocycles. The van der Waals surface area contributed by atoms with Crippen LogP contribution in [0.5, 0.6) is 0 Å². The molecule has 0 bridgehead atoms. The number of rotatable bonds is 7. The number of aliphatic hydroxyl groups is 1. The maximum atomic E-state index is 11.8. The Labute approximate surface area is 134 Å². The third-order valence-electron chi connectivity index (χ3n) is 3.13. The van der Waals surface area contributed by atoms with E-state index < -0.39 is 6.10 Å². The fourth-order valence-corrected chi connectivity index (χ4v) is 2.36. The summed E-state index contributed by atoms with van der Waals surface area (Å²) in [5.41, 5.74) is 1.96. The van der Waals surface area contributed by atoms with Crippen molar-refractivity contribution in [2.45, 2.75) is 12.5 Å². The fourth-order valence-electron chi connectivity index (χ4n) is 1.92. The highest BCUT2D eigenvalue weighted by Crippen LogP contribution is 2.13. The van der Waals surface area contributed by atoms with E-state index in [1.165, 1.54) is 11.8 Å². The highest BCUT2D eigenvalue weighted by Gasteiger charge is 2.11. The van der Waals surface area contributed by atoms with Crippen molar-refractivity contribution in [3.8, 4) is 0 Å². The minimum atomic E-state index is -0.852. The number of nitrogens with one attached hydrogen (secondary N) is 2. The van der Waals surface area contributed by atoms with E-state index in [9.17, 15) is 9.90 Å². The predicted molar refractivity (Wildman–Crippen MR) is 89.2 cm³/mol. The molecule has 0 radical (unpaired) electrons. The van der Waals surface area contributed by atoms with Crippen LogP contribution in [-0.4, -0.2) is 29.7 Å². The summed E-state index contributed by atoms with van der Waals surface area (Å²) >= 11 is 1.81. The first-order valence-corrected chi connectivity index (χ1v) is 8.42. The van der Waals surface area contributed by atoms with Crippen molar-refractivity contribution in [1.29, 1.82) is 0 Å². The molecule has 0 aliphatic heterocycles. The molecule has 1 aromatic carbocycles. The average molecular weight is 320 g/mol. The molecule has 2 amide bonds. The maximum Gasteiger partial charge on any atom is 0.319 e. The molecule has 0 saturated heterocycles. The molecule has 0 fully saturated rings. The number of aliphatic hydroxyl groups excluding tert-OH is 1. The summed E-state index contributed by atoms with van der Waals surface area (Å²) in [7, 11) is 0. The second kappa shape index (κ2) is 8.51. The van der Waals surface area contributed by atoms with Gasteiger partial charge in [-0.2, -0.15) is 11.8 Å². The van der Waals surface area contributed by atoms with E-state index in [2.05, 4.69) is 16.9 Å². The summed E-state index contributed by atoms with van der Waals surface area (Å²) in [4.78, 5) is 11.8. The predicted octanol–water partition coefficient (Wildman–Crippen LogP) is 3.04. The van der Waals surface area contributed by atoms with Gasteiger partial charge in [-0.15, -0.1) is 0 Å². The van der Waals surface area contributed by atoms with Crippen molar-refractivity contribution in [1.82, 2.24) is 5.32 Å². The van der Waals surface area contributed by atoms with E-state index >= 15 is 0 Å². The summed E-state index contributed by atoms with van der Waals surface area (Å²) in [5, 5.41) is 15.1. The van der Waals surface area contributed by atoms with Crippen LogP contribution in [0.4, 0.5) is 10.5 Å². The van der Waals surface area contributed by atoms with Crippen molar-refractivity contribution in [2.75, 3.05) is 23.9 Å². The fraction of sp³-hybridized carbons (Fsp3) is 0.312. The summed E-state index contributed by atoms with van der Waals surface area (Å²) in [5.74, 6) is 1.51. The standard InChI is InChI=1S/C16H20N2O3S/c1-22-10-8-12-4-6-13(7-5-12)18-16(20)17-11-14(19)15-3-2-9-21-15/h2-7,9,14,19H,8,10-11H2,1H3,(H2,17,18,20). The molecule has 1 atom stereocenters. The van der Waals surface area contributed by atoms with Crippen LogP contribution in [-0.2, 0) is 6.42 Å². The van der Waals surface area contributed by atoms with Crippen molar-refractivity contribution in [3.05, 3.63) is 54.0 Å². The van der Waals surface area contributed by atoms with Gasteiger partial charge in [-0.05, 0) is 48.3 Å². The Morgan fingerprint density at radius 3 is 2.73 bits per heavy atom. The van der Waals surface area contributed by atoms with E-state index in [1.54, 1.807) is 12.1 Å². The van der Waals surface area contributed by atoms with Gasteiger partial charge in [0.1, 0.15) is 11.9 Å². The molecule has 22 heavy (non-hydrogen) atoms. The van der Waals surface area contributed by atoms with E-state index in [4.69, 9.17) is 4.42 Å². The lowest BCUT2D eigenvalue weighted by atomic mass is 10.1. The number of amides is 2. The summed E-state index contributed by atoms with van der Waals surface area (Å²) in [6.45, 7) is 0.0884. The number of urea groups is 1. The van der Waals surface area contributed by atoms with Gasteiger partial charge in [-0.25, -0.2) is 4.79 Å². The van der Waals surface area contributed by atoms with Gasteiger partial charge in [0.25, 0.3) is 0 Å². The minimum Gasteiger partial charge on any atom is -0.467 e. The topological polar surface area (TPSA) is 74.5 Å². The van der Waals surface area contributed by atoms with Gasteiger partial charge in [-0.3, -0.25) is 0 Å². The molecule has 0 aliphatic rings. The third kappa shape index (κ3) is 5.13. The minimum absolute atomic E-state index is 0.0884. The van der Waals surface area contributed by atoms with Gasteiger partial charge in [-0.1, -0.05) is 12.1 Å². The first-order chi connectivity index (χ1) is 10.7. The van der Waals surface area contributed by atoms with Gasteiger partial charge in [0.15, 0.2) is 0 Å². The highest BCUT2D eigenvalue weighted by atomic mass is 32.2. The largest absolute Gasteiger partial charge is 0.467 e. The molecule has 1 unspecified atom stereocenters. The Bertz CT molecular complexity index is 570. The van der Waals surface area contributed by atoms with E-state index in [0.29, 0.717) is 5.76 Å². The van der Waals surface area contributed by atoms with Gasteiger partial charge in [0.2, 0.25) is 0 Å². The van der Waals surface area contributed by atoms with E-state index in [0.717, 1.165) is 17.9 Å². The summed E-state index contributed by atoms with van der Waals surface area (Å²) < 4.78 is 5.07. The monoisotopic (exact) mass is 320 g/mol. The molecular weight excluding hydrogens is 300 g/mol. The molecule has 0 spiro atoms. The smallest absolute Gasteiger partial charge is 0.319 e. The zero-order chi connectivity index (χ0) is 15.8. The van der Waals surface area contributed by atoms with Crippen molar-refractivity contribution >= 4 is 23.5 Å². The van der Waals surface area contributed by atoms with Gasteiger partial charge in [0.05, 0.1) is 12.8 Å². The number of carbonyl (C=O) groups is 1. The number of furan rings is 1. The normalized spacial score (nSPS) is 11.9. The lowest BCUT2D eigenvalue weighted by Gasteiger charge is -2.11. The van der Waals surface area contributed by atoms with E-state index in [1.807, 2.05) is 36.0 Å². The first kappa shape index (κ1) is 16.5. The molecular formula is C16H20N2O3S. The average Bonchev–Trinajstić information content (AvgIpc) is 3.06. The van der Waals surface area contributed by atoms with Crippen LogP contribution in [0.1, 0.15) is 17.4 Å². The molecule has 5 nitrogen and oxygen atoms in total. The second-order valence-electron chi connectivity index (χ2n) is 4.81. The number of anilines is 1. The van der Waals surface area contributed by atoms with Crippen molar-refractivity contribution in [2.24, 2.45) is 0 Å². The lowest BCUT2D eigenvalue weighted by molar-refractivity contribution is 0.149. The van der Waals surface area contributed by atoms with Crippen LogP contribution in [0.2, 0.25) is 0 Å². The quantitative estimate of drug-likeness (QED) is 0.733. The lowest BCUT2D eigenvalue weighted by Crippen LogP contribution is -2.32. The molecule has 2 rings (SSSR count). The Morgan fingerprint density at radius 2 is 2.09 bits per heavy atom. The Kier molecular flexibility index (Phi) is 6.36. The number of hydrogen-bond acceptors (Lipinski definition) is 4. The van der Waals surface area contributed by atoms with Gasteiger partial charge in [0, 0.05) is 5.69 Å². The molecule has 2 aromatic rings. The van der Waals surface area contributed by atoms with Crippen LogP contribution < -0.4 is 10.6 Å². The molecule has 3 N–H and O–H groups in total. The molecule has 0 aliphatic carbocycles. The molecule has 1 aromatic heterocycles. The number of aryl methyl sites for hydroxylation is 1.